The zero-order valence-electron chi connectivity index (χ0n) is 14.1. The molecular weight excluding hydrogens is 360 g/mol. The Morgan fingerprint density at radius 2 is 1.62 bits per heavy atom. The minimum Gasteiger partial charge on any atom is -0.239 e. The highest BCUT2D eigenvalue weighted by molar-refractivity contribution is 7.97. The van der Waals surface area contributed by atoms with Gasteiger partial charge in [0, 0.05) is 22.5 Å². The summed E-state index contributed by atoms with van der Waals surface area (Å²) in [6.07, 6.45) is 13.2. The van der Waals surface area contributed by atoms with Crippen LogP contribution in [0.4, 0.5) is 0 Å². The summed E-state index contributed by atoms with van der Waals surface area (Å²) in [5.74, 6) is 0. The molecule has 0 N–H and O–H groups in total. The van der Waals surface area contributed by atoms with Gasteiger partial charge in [0.05, 0.1) is 11.6 Å². The molecule has 2 nitrogen and oxygen atoms in total. The van der Waals surface area contributed by atoms with Crippen LogP contribution in [0.5, 0.6) is 0 Å². The fourth-order valence-corrected chi connectivity index (χ4v) is 4.15. The summed E-state index contributed by atoms with van der Waals surface area (Å²) in [7, 11) is 0. The van der Waals surface area contributed by atoms with Crippen LogP contribution in [0.15, 0.2) is 53.4 Å². The first-order valence-electron chi connectivity index (χ1n) is 8.27. The maximum atomic E-state index is 8.92. The summed E-state index contributed by atoms with van der Waals surface area (Å²) >= 11 is 7.79. The Morgan fingerprint density at radius 3 is 2.15 bits per heavy atom. The van der Waals surface area contributed by atoms with E-state index in [0.29, 0.717) is 11.6 Å². The molecule has 0 radical (unpaired) electrons. The molecule has 26 heavy (non-hydrogen) atoms. The Hall–Kier alpha value is -1.91. The fraction of sp³-hybridized carbons (Fsp3) is 0.318. The highest BCUT2D eigenvalue weighted by atomic mass is 35.5. The number of hydrogen-bond acceptors (Lipinski definition) is 3. The van der Waals surface area contributed by atoms with Crippen LogP contribution < -0.4 is 0 Å². The molecule has 0 atom stereocenters. The normalized spacial score (nSPS) is 13.3. The molecule has 0 unspecified atom stereocenters. The molecule has 0 heterocycles. The van der Waals surface area contributed by atoms with Crippen molar-refractivity contribution in [2.45, 2.75) is 50.6 Å². The Balaban J connectivity index is 0.00000109. The van der Waals surface area contributed by atoms with Gasteiger partial charge in [-0.05, 0) is 66.8 Å². The SMILES string of the molecule is C.C#C.N#Cc1ccc(CN(Sc2ccc(Cl)cc2)C2CCCC2)cc1. The van der Waals surface area contributed by atoms with Crippen LogP contribution in [0.3, 0.4) is 0 Å². The number of terminal acetylenes is 1. The number of nitrogens with zero attached hydrogens (tertiary/aromatic N) is 2. The van der Waals surface area contributed by atoms with Gasteiger partial charge in [-0.15, -0.1) is 12.8 Å². The molecule has 1 saturated carbocycles. The van der Waals surface area contributed by atoms with Gasteiger partial charge in [0.1, 0.15) is 0 Å². The topological polar surface area (TPSA) is 27.0 Å². The lowest BCUT2D eigenvalue weighted by atomic mass is 10.1. The van der Waals surface area contributed by atoms with Crippen molar-refractivity contribution in [3.63, 3.8) is 0 Å². The number of hydrogen-bond donors (Lipinski definition) is 0. The molecule has 2 aromatic rings. The predicted molar refractivity (Wildman–Crippen MR) is 113 cm³/mol. The van der Waals surface area contributed by atoms with E-state index < -0.39 is 0 Å². The first kappa shape index (κ1) is 22.1. The molecule has 0 amide bonds. The van der Waals surface area contributed by atoms with Crippen LogP contribution in [-0.4, -0.2) is 10.3 Å². The van der Waals surface area contributed by atoms with Gasteiger partial charge in [0.15, 0.2) is 0 Å². The van der Waals surface area contributed by atoms with Gasteiger partial charge in [-0.1, -0.05) is 44.0 Å². The Bertz CT molecular complexity index is 711. The van der Waals surface area contributed by atoms with Crippen molar-refractivity contribution in [2.75, 3.05) is 0 Å². The van der Waals surface area contributed by atoms with Crippen molar-refractivity contribution in [3.8, 4) is 18.9 Å². The van der Waals surface area contributed by atoms with Gasteiger partial charge in [-0.3, -0.25) is 0 Å². The summed E-state index contributed by atoms with van der Waals surface area (Å²) in [5, 5.41) is 9.70. The van der Waals surface area contributed by atoms with Crippen molar-refractivity contribution >= 4 is 23.5 Å². The average molecular weight is 385 g/mol. The zero-order chi connectivity index (χ0) is 18.1. The average Bonchev–Trinajstić information content (AvgIpc) is 3.20. The Kier molecular flexibility index (Phi) is 9.92. The monoisotopic (exact) mass is 384 g/mol. The van der Waals surface area contributed by atoms with E-state index in [1.807, 2.05) is 36.2 Å². The number of rotatable bonds is 5. The molecule has 2 aromatic carbocycles. The smallest absolute Gasteiger partial charge is 0.0991 e. The van der Waals surface area contributed by atoms with Gasteiger partial charge >= 0.3 is 0 Å². The first-order chi connectivity index (χ1) is 12.2. The van der Waals surface area contributed by atoms with Crippen LogP contribution in [0.25, 0.3) is 0 Å². The van der Waals surface area contributed by atoms with E-state index in [0.717, 1.165) is 11.6 Å². The number of benzene rings is 2. The minimum absolute atomic E-state index is 0. The molecule has 1 aliphatic rings. The number of nitriles is 1. The van der Waals surface area contributed by atoms with Gasteiger partial charge in [-0.25, -0.2) is 4.31 Å². The third kappa shape index (κ3) is 6.43. The standard InChI is InChI=1S/C19H19ClN2S.C2H2.CH4/c20-17-9-11-19(12-10-17)23-22(18-3-1-2-4-18)14-16-7-5-15(13-21)6-8-16;1-2;/h5-12,18H,1-4,14H2;1-2H;1H4. The summed E-state index contributed by atoms with van der Waals surface area (Å²) in [5.41, 5.74) is 1.96. The van der Waals surface area contributed by atoms with E-state index in [1.54, 1.807) is 0 Å². The highest BCUT2D eigenvalue weighted by Gasteiger charge is 2.23. The van der Waals surface area contributed by atoms with Gasteiger partial charge < -0.3 is 0 Å². The maximum absolute atomic E-state index is 8.92. The quantitative estimate of drug-likeness (QED) is 0.432. The zero-order valence-corrected chi connectivity index (χ0v) is 15.6. The number of halogens is 1. The van der Waals surface area contributed by atoms with Crippen molar-refractivity contribution in [3.05, 3.63) is 64.7 Å². The molecule has 4 heteroatoms. The van der Waals surface area contributed by atoms with E-state index in [4.69, 9.17) is 16.9 Å². The highest BCUT2D eigenvalue weighted by Crippen LogP contribution is 2.34. The molecule has 0 bridgehead atoms. The van der Waals surface area contributed by atoms with Crippen LogP contribution in [0, 0.1) is 24.2 Å². The second-order valence-corrected chi connectivity index (χ2v) is 7.43. The maximum Gasteiger partial charge on any atom is 0.0991 e. The molecule has 136 valence electrons. The van der Waals surface area contributed by atoms with E-state index in [1.165, 1.54) is 36.1 Å². The minimum atomic E-state index is 0. The second kappa shape index (κ2) is 11.7. The van der Waals surface area contributed by atoms with Crippen LogP contribution in [0.1, 0.15) is 44.2 Å². The predicted octanol–water partition coefficient (Wildman–Crippen LogP) is 6.55. The van der Waals surface area contributed by atoms with Crippen molar-refractivity contribution < 1.29 is 0 Å². The molecule has 1 aliphatic carbocycles. The summed E-state index contributed by atoms with van der Waals surface area (Å²) in [6.45, 7) is 0.893. The van der Waals surface area contributed by atoms with Crippen LogP contribution in [0.2, 0.25) is 5.02 Å². The van der Waals surface area contributed by atoms with Crippen LogP contribution in [-0.2, 0) is 6.54 Å². The van der Waals surface area contributed by atoms with Gasteiger partial charge in [0.2, 0.25) is 0 Å². The molecule has 3 rings (SSSR count). The Morgan fingerprint density at radius 1 is 1.04 bits per heavy atom. The van der Waals surface area contributed by atoms with Crippen molar-refractivity contribution in [2.24, 2.45) is 0 Å². The lowest BCUT2D eigenvalue weighted by Gasteiger charge is -2.27. The molecular formula is C22H25ClN2S. The lowest BCUT2D eigenvalue weighted by Crippen LogP contribution is -2.26. The van der Waals surface area contributed by atoms with Gasteiger partial charge in [-0.2, -0.15) is 5.26 Å². The molecule has 0 aromatic heterocycles. The molecule has 0 aliphatic heterocycles. The molecule has 0 saturated heterocycles. The fourth-order valence-electron chi connectivity index (χ4n) is 2.92. The van der Waals surface area contributed by atoms with Crippen LogP contribution >= 0.6 is 23.5 Å². The van der Waals surface area contributed by atoms with E-state index in [-0.39, 0.29) is 7.43 Å². The second-order valence-electron chi connectivity index (χ2n) is 5.87. The molecule has 0 spiro atoms. The largest absolute Gasteiger partial charge is 0.239 e. The first-order valence-corrected chi connectivity index (χ1v) is 9.42. The summed E-state index contributed by atoms with van der Waals surface area (Å²) in [6, 6.07) is 18.7. The lowest BCUT2D eigenvalue weighted by molar-refractivity contribution is 0.350. The summed E-state index contributed by atoms with van der Waals surface area (Å²) < 4.78 is 2.48. The van der Waals surface area contributed by atoms with Gasteiger partial charge in [0.25, 0.3) is 0 Å². The van der Waals surface area contributed by atoms with E-state index in [9.17, 15) is 0 Å². The van der Waals surface area contributed by atoms with E-state index >= 15 is 0 Å². The summed E-state index contributed by atoms with van der Waals surface area (Å²) in [4.78, 5) is 1.22. The third-order valence-corrected chi connectivity index (χ3v) is 5.59. The third-order valence-electron chi connectivity index (χ3n) is 4.19. The molecule has 1 fully saturated rings. The Labute approximate surface area is 167 Å². The van der Waals surface area contributed by atoms with Crippen molar-refractivity contribution in [1.82, 2.24) is 4.31 Å². The van der Waals surface area contributed by atoms with Crippen molar-refractivity contribution in [1.29, 1.82) is 5.26 Å². The van der Waals surface area contributed by atoms with E-state index in [2.05, 4.69) is 47.5 Å².